The minimum Gasteiger partial charge on any atom is -0.335 e. The van der Waals surface area contributed by atoms with Gasteiger partial charge in [-0.2, -0.15) is 5.26 Å². The van der Waals surface area contributed by atoms with Gasteiger partial charge in [0.05, 0.1) is 12.1 Å². The maximum Gasteiger partial charge on any atom is 0.272 e. The summed E-state index contributed by atoms with van der Waals surface area (Å²) in [7, 11) is 0. The first kappa shape index (κ1) is 15.5. The molecule has 5 nitrogen and oxygen atoms in total. The van der Waals surface area contributed by atoms with E-state index in [0.717, 1.165) is 31.5 Å². The molecule has 1 aliphatic heterocycles. The molecule has 0 N–H and O–H groups in total. The van der Waals surface area contributed by atoms with Crippen LogP contribution in [0.15, 0.2) is 18.3 Å². The van der Waals surface area contributed by atoms with E-state index in [2.05, 4.69) is 22.9 Å². The highest BCUT2D eigenvalue weighted by molar-refractivity contribution is 5.93. The molecule has 5 heteroatoms. The summed E-state index contributed by atoms with van der Waals surface area (Å²) < 4.78 is 0. The van der Waals surface area contributed by atoms with Crippen LogP contribution in [0.1, 0.15) is 35.8 Å². The van der Waals surface area contributed by atoms with Crippen LogP contribution >= 0.6 is 0 Å². The second-order valence-corrected chi connectivity index (χ2v) is 5.43. The van der Waals surface area contributed by atoms with Crippen molar-refractivity contribution in [3.8, 4) is 6.07 Å². The molecule has 1 unspecified atom stereocenters. The lowest BCUT2D eigenvalue weighted by atomic mass is 10.1. The Morgan fingerprint density at radius 1 is 1.43 bits per heavy atom. The summed E-state index contributed by atoms with van der Waals surface area (Å²) in [6.45, 7) is 6.84. The molecule has 1 amide bonds. The molecule has 1 atom stereocenters. The SMILES string of the molecule is CCCC(C#N)N1CCN(C(=O)c2ncccc2C)CC1. The smallest absolute Gasteiger partial charge is 0.272 e. The normalized spacial score (nSPS) is 17.3. The van der Waals surface area contributed by atoms with Crippen LogP contribution in [0.3, 0.4) is 0 Å². The molecule has 21 heavy (non-hydrogen) atoms. The van der Waals surface area contributed by atoms with Crippen LogP contribution in [0.2, 0.25) is 0 Å². The summed E-state index contributed by atoms with van der Waals surface area (Å²) in [5.41, 5.74) is 1.45. The minimum atomic E-state index is -0.0242. The largest absolute Gasteiger partial charge is 0.335 e. The molecular weight excluding hydrogens is 264 g/mol. The molecule has 2 rings (SSSR count). The van der Waals surface area contributed by atoms with Crippen molar-refractivity contribution in [2.45, 2.75) is 32.7 Å². The standard InChI is InChI=1S/C16H22N4O/c1-3-5-14(12-17)19-8-10-20(11-9-19)16(21)15-13(2)6-4-7-18-15/h4,6-7,14H,3,5,8-11H2,1-2H3. The van der Waals surface area contributed by atoms with Crippen LogP contribution in [-0.2, 0) is 0 Å². The van der Waals surface area contributed by atoms with Gasteiger partial charge in [-0.3, -0.25) is 14.7 Å². The van der Waals surface area contributed by atoms with Gasteiger partial charge in [-0.15, -0.1) is 0 Å². The Hall–Kier alpha value is -1.93. The molecule has 0 aliphatic carbocycles. The predicted octanol–water partition coefficient (Wildman–Crippen LogP) is 1.84. The summed E-state index contributed by atoms with van der Waals surface area (Å²) in [4.78, 5) is 20.7. The number of piperazine rings is 1. The van der Waals surface area contributed by atoms with Gasteiger partial charge in [0.25, 0.3) is 5.91 Å². The number of rotatable bonds is 4. The number of nitrogens with zero attached hydrogens (tertiary/aromatic N) is 4. The highest BCUT2D eigenvalue weighted by atomic mass is 16.2. The second kappa shape index (κ2) is 7.19. The van der Waals surface area contributed by atoms with Crippen molar-refractivity contribution in [1.29, 1.82) is 5.26 Å². The Bertz CT molecular complexity index is 529. The van der Waals surface area contributed by atoms with Crippen LogP contribution in [-0.4, -0.2) is 52.9 Å². The molecule has 1 fully saturated rings. The van der Waals surface area contributed by atoms with Gasteiger partial charge in [-0.1, -0.05) is 19.4 Å². The van der Waals surface area contributed by atoms with Gasteiger partial charge in [-0.05, 0) is 25.0 Å². The monoisotopic (exact) mass is 286 g/mol. The number of carbonyl (C=O) groups excluding carboxylic acids is 1. The number of aryl methyl sites for hydroxylation is 1. The topological polar surface area (TPSA) is 60.2 Å². The summed E-state index contributed by atoms with van der Waals surface area (Å²) in [6.07, 6.45) is 3.55. The van der Waals surface area contributed by atoms with Crippen LogP contribution in [0.5, 0.6) is 0 Å². The molecule has 0 saturated carbocycles. The Morgan fingerprint density at radius 3 is 2.71 bits per heavy atom. The van der Waals surface area contributed by atoms with Crippen molar-refractivity contribution in [3.05, 3.63) is 29.6 Å². The van der Waals surface area contributed by atoms with E-state index in [1.807, 2.05) is 24.0 Å². The Morgan fingerprint density at radius 2 is 2.14 bits per heavy atom. The first-order valence-electron chi connectivity index (χ1n) is 7.52. The van der Waals surface area contributed by atoms with E-state index in [0.29, 0.717) is 18.8 Å². The first-order chi connectivity index (χ1) is 10.2. The van der Waals surface area contributed by atoms with Crippen LogP contribution in [0, 0.1) is 18.3 Å². The Kier molecular flexibility index (Phi) is 5.29. The number of nitriles is 1. The first-order valence-corrected chi connectivity index (χ1v) is 7.52. The lowest BCUT2D eigenvalue weighted by Gasteiger charge is -2.36. The lowest BCUT2D eigenvalue weighted by Crippen LogP contribution is -2.51. The van der Waals surface area contributed by atoms with E-state index in [1.165, 1.54) is 0 Å². The molecule has 1 aromatic heterocycles. The van der Waals surface area contributed by atoms with Gasteiger partial charge in [-0.25, -0.2) is 0 Å². The summed E-state index contributed by atoms with van der Waals surface area (Å²) in [6, 6.07) is 6.09. The van der Waals surface area contributed by atoms with Crippen molar-refractivity contribution in [2.75, 3.05) is 26.2 Å². The van der Waals surface area contributed by atoms with Crippen LogP contribution < -0.4 is 0 Å². The molecule has 0 spiro atoms. The lowest BCUT2D eigenvalue weighted by molar-refractivity contribution is 0.0595. The summed E-state index contributed by atoms with van der Waals surface area (Å²) in [5, 5.41) is 9.22. The van der Waals surface area contributed by atoms with E-state index >= 15 is 0 Å². The third-order valence-electron chi connectivity index (χ3n) is 3.97. The van der Waals surface area contributed by atoms with Gasteiger partial charge in [0, 0.05) is 32.4 Å². The zero-order chi connectivity index (χ0) is 15.2. The van der Waals surface area contributed by atoms with Crippen LogP contribution in [0.25, 0.3) is 0 Å². The maximum atomic E-state index is 12.5. The zero-order valence-corrected chi connectivity index (χ0v) is 12.7. The van der Waals surface area contributed by atoms with E-state index in [4.69, 9.17) is 0 Å². The molecule has 2 heterocycles. The zero-order valence-electron chi connectivity index (χ0n) is 12.7. The average Bonchev–Trinajstić information content (AvgIpc) is 2.52. The summed E-state index contributed by atoms with van der Waals surface area (Å²) in [5.74, 6) is -0.00301. The van der Waals surface area contributed by atoms with Gasteiger partial charge in [0.2, 0.25) is 0 Å². The van der Waals surface area contributed by atoms with Crippen molar-refractivity contribution in [3.63, 3.8) is 0 Å². The number of hydrogen-bond acceptors (Lipinski definition) is 4. The summed E-state index contributed by atoms with van der Waals surface area (Å²) >= 11 is 0. The van der Waals surface area contributed by atoms with E-state index in [9.17, 15) is 10.1 Å². The maximum absolute atomic E-state index is 12.5. The fourth-order valence-corrected chi connectivity index (χ4v) is 2.70. The molecular formula is C16H22N4O. The molecule has 0 radical (unpaired) electrons. The number of aromatic nitrogens is 1. The van der Waals surface area contributed by atoms with Crippen molar-refractivity contribution >= 4 is 5.91 Å². The predicted molar refractivity (Wildman–Crippen MR) is 80.8 cm³/mol. The fourth-order valence-electron chi connectivity index (χ4n) is 2.70. The highest BCUT2D eigenvalue weighted by Crippen LogP contribution is 2.13. The van der Waals surface area contributed by atoms with E-state index < -0.39 is 0 Å². The number of hydrogen-bond donors (Lipinski definition) is 0. The quantitative estimate of drug-likeness (QED) is 0.847. The third kappa shape index (κ3) is 3.59. The Balaban J connectivity index is 1.97. The number of pyridine rings is 1. The molecule has 1 aliphatic rings. The third-order valence-corrected chi connectivity index (χ3v) is 3.97. The molecule has 0 aromatic carbocycles. The average molecular weight is 286 g/mol. The van der Waals surface area contributed by atoms with Gasteiger partial charge >= 0.3 is 0 Å². The highest BCUT2D eigenvalue weighted by Gasteiger charge is 2.27. The van der Waals surface area contributed by atoms with Crippen LogP contribution in [0.4, 0.5) is 0 Å². The van der Waals surface area contributed by atoms with Gasteiger partial charge < -0.3 is 4.90 Å². The van der Waals surface area contributed by atoms with Crippen molar-refractivity contribution < 1.29 is 4.79 Å². The molecule has 112 valence electrons. The van der Waals surface area contributed by atoms with Crippen molar-refractivity contribution in [1.82, 2.24) is 14.8 Å². The minimum absolute atomic E-state index is 0.00301. The second-order valence-electron chi connectivity index (χ2n) is 5.43. The fraction of sp³-hybridized carbons (Fsp3) is 0.562. The van der Waals surface area contributed by atoms with Crippen molar-refractivity contribution in [2.24, 2.45) is 0 Å². The molecule has 1 aromatic rings. The molecule has 0 bridgehead atoms. The molecule has 1 saturated heterocycles. The Labute approximate surface area is 126 Å². The van der Waals surface area contributed by atoms with Gasteiger partial charge in [0.1, 0.15) is 5.69 Å². The van der Waals surface area contributed by atoms with E-state index in [-0.39, 0.29) is 11.9 Å². The number of amides is 1. The van der Waals surface area contributed by atoms with Gasteiger partial charge in [0.15, 0.2) is 0 Å². The van der Waals surface area contributed by atoms with E-state index in [1.54, 1.807) is 6.20 Å². The number of carbonyl (C=O) groups is 1.